The molecule has 1 aliphatic heterocycles. The third-order valence-corrected chi connectivity index (χ3v) is 5.37. The average molecular weight is 480 g/mol. The van der Waals surface area contributed by atoms with Crippen molar-refractivity contribution in [2.45, 2.75) is 30.7 Å². The Balaban J connectivity index is 1.80. The van der Waals surface area contributed by atoms with Gasteiger partial charge in [-0.15, -0.1) is 0 Å². The maximum Gasteiger partial charge on any atom is 0.238 e. The van der Waals surface area contributed by atoms with E-state index in [1.54, 1.807) is 0 Å². The van der Waals surface area contributed by atoms with Gasteiger partial charge in [0.05, 0.1) is 0 Å². The van der Waals surface area contributed by atoms with Crippen LogP contribution in [0.5, 0.6) is 34.5 Å². The highest BCUT2D eigenvalue weighted by Crippen LogP contribution is 2.43. The molecular weight excluding hydrogens is 460 g/mol. The average Bonchev–Trinajstić information content (AvgIpc) is 2.79. The molecular formula is C21H20O13. The van der Waals surface area contributed by atoms with Crippen molar-refractivity contribution in [1.29, 1.82) is 0 Å². The maximum atomic E-state index is 12.8. The van der Waals surface area contributed by atoms with Gasteiger partial charge in [0.15, 0.2) is 34.9 Å². The summed E-state index contributed by atoms with van der Waals surface area (Å²) in [6.07, 6.45) is -8.49. The van der Waals surface area contributed by atoms with E-state index in [-0.39, 0.29) is 5.56 Å². The number of aliphatic hydroxyl groups excluding tert-OH is 4. The number of phenolic OH excluding ortho intramolecular Hbond substituents is 4. The van der Waals surface area contributed by atoms with E-state index < -0.39 is 94.0 Å². The fourth-order valence-electron chi connectivity index (χ4n) is 3.54. The summed E-state index contributed by atoms with van der Waals surface area (Å²) in [4.78, 5) is 12.8. The molecule has 0 unspecified atom stereocenters. The highest BCUT2D eigenvalue weighted by molar-refractivity contribution is 5.93. The fraction of sp³-hybridized carbons (Fsp3) is 0.286. The molecule has 34 heavy (non-hydrogen) atoms. The lowest BCUT2D eigenvalue weighted by Crippen LogP contribution is -2.58. The lowest BCUT2D eigenvalue weighted by Gasteiger charge is -2.38. The first-order valence-electron chi connectivity index (χ1n) is 9.78. The molecule has 0 aliphatic carbocycles. The number of hydrogen-bond donors (Lipinski definition) is 9. The summed E-state index contributed by atoms with van der Waals surface area (Å²) < 4.78 is 16.0. The molecule has 1 fully saturated rings. The van der Waals surface area contributed by atoms with Gasteiger partial charge < -0.3 is 59.8 Å². The van der Waals surface area contributed by atoms with Crippen LogP contribution in [0.15, 0.2) is 33.5 Å². The van der Waals surface area contributed by atoms with E-state index in [2.05, 4.69) is 0 Å². The minimum absolute atomic E-state index is 0.0492. The van der Waals surface area contributed by atoms with Crippen LogP contribution in [0.4, 0.5) is 0 Å². The van der Waals surface area contributed by atoms with E-state index in [1.807, 2.05) is 0 Å². The number of benzene rings is 2. The van der Waals surface area contributed by atoms with Gasteiger partial charge in [-0.05, 0) is 18.2 Å². The molecule has 5 atom stereocenters. The van der Waals surface area contributed by atoms with Crippen LogP contribution in [0.2, 0.25) is 0 Å². The Morgan fingerprint density at radius 1 is 0.824 bits per heavy atom. The summed E-state index contributed by atoms with van der Waals surface area (Å²) in [6, 6.07) is 4.01. The van der Waals surface area contributed by atoms with Crippen molar-refractivity contribution >= 4 is 11.0 Å². The van der Waals surface area contributed by atoms with Gasteiger partial charge in [0.2, 0.25) is 16.9 Å². The van der Waals surface area contributed by atoms with Gasteiger partial charge in [-0.2, -0.15) is 0 Å². The topological polar surface area (TPSA) is 231 Å². The summed E-state index contributed by atoms with van der Waals surface area (Å²) >= 11 is 0. The molecule has 1 aromatic heterocycles. The molecule has 4 rings (SSSR count). The summed E-state index contributed by atoms with van der Waals surface area (Å²) in [7, 11) is 0. The zero-order chi connectivity index (χ0) is 24.9. The Morgan fingerprint density at radius 3 is 2.21 bits per heavy atom. The third-order valence-electron chi connectivity index (χ3n) is 5.37. The van der Waals surface area contributed by atoms with E-state index >= 15 is 0 Å². The van der Waals surface area contributed by atoms with Gasteiger partial charge in [-0.25, -0.2) is 0 Å². The zero-order valence-electron chi connectivity index (χ0n) is 17.1. The number of aliphatic hydroxyl groups is 4. The van der Waals surface area contributed by atoms with Gasteiger partial charge in [-0.1, -0.05) is 0 Å². The first-order chi connectivity index (χ1) is 16.0. The van der Waals surface area contributed by atoms with Crippen LogP contribution in [0.3, 0.4) is 0 Å². The Labute approximate surface area is 189 Å². The smallest absolute Gasteiger partial charge is 0.238 e. The minimum atomic E-state index is -1.85. The van der Waals surface area contributed by atoms with Crippen LogP contribution in [0, 0.1) is 0 Å². The summed E-state index contributed by atoms with van der Waals surface area (Å²) in [5, 5.41) is 88.6. The molecule has 1 saturated heterocycles. The maximum absolute atomic E-state index is 12.8. The predicted molar refractivity (Wildman–Crippen MR) is 111 cm³/mol. The molecule has 0 saturated carbocycles. The van der Waals surface area contributed by atoms with Crippen LogP contribution in [0.25, 0.3) is 22.3 Å². The minimum Gasteiger partial charge on any atom is -0.507 e. The summed E-state index contributed by atoms with van der Waals surface area (Å²) in [6.45, 7) is -0.630. The van der Waals surface area contributed by atoms with Crippen LogP contribution in [-0.2, 0) is 4.74 Å². The largest absolute Gasteiger partial charge is 0.507 e. The van der Waals surface area contributed by atoms with Gasteiger partial charge >= 0.3 is 0 Å². The van der Waals surface area contributed by atoms with Crippen LogP contribution in [-0.4, -0.2) is 83.3 Å². The highest BCUT2D eigenvalue weighted by Gasteiger charge is 2.43. The second-order valence-electron chi connectivity index (χ2n) is 7.61. The van der Waals surface area contributed by atoms with Crippen molar-refractivity contribution < 1.29 is 59.8 Å². The Kier molecular flexibility index (Phi) is 5.89. The lowest BCUT2D eigenvalue weighted by molar-refractivity contribution is -0.285. The third kappa shape index (κ3) is 3.81. The molecule has 13 heteroatoms. The number of phenols is 4. The Hall–Kier alpha value is -3.75. The molecule has 0 bridgehead atoms. The number of rotatable bonds is 4. The van der Waals surface area contributed by atoms with E-state index in [9.17, 15) is 50.8 Å². The molecule has 9 N–H and O–H groups in total. The van der Waals surface area contributed by atoms with E-state index in [0.29, 0.717) is 0 Å². The first-order valence-corrected chi connectivity index (χ1v) is 9.78. The highest BCUT2D eigenvalue weighted by atomic mass is 16.6. The van der Waals surface area contributed by atoms with Crippen molar-refractivity contribution in [2.75, 3.05) is 6.61 Å². The molecule has 0 radical (unpaired) electrons. The second kappa shape index (κ2) is 8.55. The molecule has 3 aromatic rings. The summed E-state index contributed by atoms with van der Waals surface area (Å²) in [5.74, 6) is -4.51. The van der Waals surface area contributed by atoms with Crippen molar-refractivity contribution in [3.63, 3.8) is 0 Å². The lowest BCUT2D eigenvalue weighted by atomic mass is 9.99. The molecule has 0 amide bonds. The van der Waals surface area contributed by atoms with E-state index in [0.717, 1.165) is 18.2 Å². The van der Waals surface area contributed by atoms with Crippen molar-refractivity contribution in [1.82, 2.24) is 0 Å². The molecule has 13 nitrogen and oxygen atoms in total. The number of hydrogen-bond acceptors (Lipinski definition) is 13. The molecule has 182 valence electrons. The Morgan fingerprint density at radius 2 is 1.53 bits per heavy atom. The first kappa shape index (κ1) is 23.4. The van der Waals surface area contributed by atoms with Crippen LogP contribution in [0.1, 0.15) is 0 Å². The van der Waals surface area contributed by atoms with Gasteiger partial charge in [-0.3, -0.25) is 4.79 Å². The predicted octanol–water partition coefficient (Wildman–Crippen LogP) is -0.833. The van der Waals surface area contributed by atoms with E-state index in [1.165, 1.54) is 6.07 Å². The molecule has 2 heterocycles. The number of ether oxygens (including phenoxy) is 2. The second-order valence-corrected chi connectivity index (χ2v) is 7.61. The van der Waals surface area contributed by atoms with Crippen molar-refractivity contribution in [3.05, 3.63) is 34.5 Å². The van der Waals surface area contributed by atoms with E-state index in [4.69, 9.17) is 13.9 Å². The van der Waals surface area contributed by atoms with Crippen molar-refractivity contribution in [3.8, 4) is 45.8 Å². The monoisotopic (exact) mass is 480 g/mol. The fourth-order valence-corrected chi connectivity index (χ4v) is 3.54. The normalized spacial score (nSPS) is 24.9. The van der Waals surface area contributed by atoms with Crippen LogP contribution >= 0.6 is 0 Å². The molecule has 1 aliphatic rings. The SMILES string of the molecule is O=c1c(O)c(-c2ccc(O)c(O)c2)oc2c(OC[C@H]3O[C@@H](O)[C@@H](O)[C@@H](O)[C@@H]3O)c(O)cc(O)c12. The zero-order valence-corrected chi connectivity index (χ0v) is 17.1. The molecule has 0 spiro atoms. The molecule has 2 aromatic carbocycles. The van der Waals surface area contributed by atoms with Gasteiger partial charge in [0.1, 0.15) is 42.2 Å². The summed E-state index contributed by atoms with van der Waals surface area (Å²) in [5.41, 5.74) is -1.70. The van der Waals surface area contributed by atoms with Crippen LogP contribution < -0.4 is 10.2 Å². The van der Waals surface area contributed by atoms with Gasteiger partial charge in [0, 0.05) is 11.6 Å². The number of aromatic hydroxyl groups is 5. The Bertz CT molecular complexity index is 1300. The van der Waals surface area contributed by atoms with Crippen molar-refractivity contribution in [2.24, 2.45) is 0 Å². The quantitative estimate of drug-likeness (QED) is 0.208. The standard InChI is InChI=1S/C21H20O13/c22-7-2-1-6(3-8(7)23)18-16(29)14(27)12-9(24)4-10(25)19(20(12)34-18)32-5-11-13(26)15(28)17(30)21(31)33-11/h1-4,11,13,15,17,21-26,28-31H,5H2/t11-,13-,15+,17+,21-/m1/s1. The van der Waals surface area contributed by atoms with Gasteiger partial charge in [0.25, 0.3) is 0 Å². The number of fused-ring (bicyclic) bond motifs is 1.